The quantitative estimate of drug-likeness (QED) is 0.239. The molecule has 0 fully saturated rings. The molecule has 2 amide bonds. The fraction of sp³-hybridized carbons (Fsp3) is 0.333. The third kappa shape index (κ3) is 8.85. The molecule has 3 aromatic carbocycles. The van der Waals surface area contributed by atoms with Crippen molar-refractivity contribution >= 4 is 62.3 Å². The SMILES string of the molecule is CCNC(=O)C(Cc1ccccc1)N(Cc1c(Cl)cccc1Cl)C(=O)CCCN(c1cccc(Cl)c1C)S(C)(=O)=O. The topological polar surface area (TPSA) is 86.8 Å². The summed E-state index contributed by atoms with van der Waals surface area (Å²) >= 11 is 19.2. The summed E-state index contributed by atoms with van der Waals surface area (Å²) in [7, 11) is -3.66. The number of nitrogens with one attached hydrogen (secondary N) is 1. The molecular weight excluding hydrogens is 605 g/mol. The van der Waals surface area contributed by atoms with Crippen LogP contribution in [0.5, 0.6) is 0 Å². The van der Waals surface area contributed by atoms with Crippen LogP contribution < -0.4 is 9.62 Å². The molecule has 1 atom stereocenters. The van der Waals surface area contributed by atoms with E-state index in [4.69, 9.17) is 34.8 Å². The van der Waals surface area contributed by atoms with E-state index in [1.54, 1.807) is 43.3 Å². The molecule has 3 aromatic rings. The van der Waals surface area contributed by atoms with E-state index in [-0.39, 0.29) is 44.2 Å². The Morgan fingerprint density at radius 3 is 2.12 bits per heavy atom. The van der Waals surface area contributed by atoms with Gasteiger partial charge in [-0.2, -0.15) is 0 Å². The van der Waals surface area contributed by atoms with Crippen LogP contribution >= 0.6 is 34.8 Å². The number of rotatable bonds is 13. The zero-order chi connectivity index (χ0) is 30.2. The van der Waals surface area contributed by atoms with Gasteiger partial charge in [0.25, 0.3) is 0 Å². The third-order valence-electron chi connectivity index (χ3n) is 6.67. The maximum absolute atomic E-state index is 13.9. The Labute approximate surface area is 257 Å². The standard InChI is InChI=1S/C30H34Cl3N3O4S/c1-4-34-30(38)28(19-22-11-6-5-7-12-22)35(20-23-25(32)14-8-15-26(23)33)29(37)17-10-18-36(41(3,39)40)27-16-9-13-24(31)21(27)2/h5-9,11-16,28H,4,10,17-20H2,1-3H3,(H,34,38). The van der Waals surface area contributed by atoms with Crippen molar-refractivity contribution in [2.24, 2.45) is 0 Å². The van der Waals surface area contributed by atoms with E-state index in [2.05, 4.69) is 5.32 Å². The van der Waals surface area contributed by atoms with Gasteiger partial charge < -0.3 is 10.2 Å². The molecule has 41 heavy (non-hydrogen) atoms. The predicted molar refractivity (Wildman–Crippen MR) is 167 cm³/mol. The Hall–Kier alpha value is -2.78. The van der Waals surface area contributed by atoms with Gasteiger partial charge in [0.05, 0.1) is 11.9 Å². The van der Waals surface area contributed by atoms with E-state index >= 15 is 0 Å². The number of benzene rings is 3. The van der Waals surface area contributed by atoms with Crippen molar-refractivity contribution in [3.63, 3.8) is 0 Å². The number of likely N-dealkylation sites (N-methyl/N-ethyl adjacent to an activating group) is 1. The molecule has 0 heterocycles. The Kier molecular flexibility index (Phi) is 11.9. The molecule has 0 saturated carbocycles. The zero-order valence-electron chi connectivity index (χ0n) is 23.2. The molecular formula is C30H34Cl3N3O4S. The summed E-state index contributed by atoms with van der Waals surface area (Å²) in [4.78, 5) is 28.7. The number of sulfonamides is 1. The van der Waals surface area contributed by atoms with E-state index in [0.717, 1.165) is 11.8 Å². The van der Waals surface area contributed by atoms with Crippen LogP contribution in [0.1, 0.15) is 36.5 Å². The first-order valence-electron chi connectivity index (χ1n) is 13.2. The first-order chi connectivity index (χ1) is 19.4. The highest BCUT2D eigenvalue weighted by Crippen LogP contribution is 2.30. The van der Waals surface area contributed by atoms with E-state index in [1.165, 1.54) is 9.21 Å². The lowest BCUT2D eigenvalue weighted by Gasteiger charge is -2.32. The molecule has 0 bridgehead atoms. The molecule has 0 aliphatic carbocycles. The summed E-state index contributed by atoms with van der Waals surface area (Å²) < 4.78 is 26.7. The van der Waals surface area contributed by atoms with Gasteiger partial charge in [0.15, 0.2) is 0 Å². The number of carbonyl (C=O) groups excluding carboxylic acids is 2. The minimum atomic E-state index is -3.66. The molecule has 0 saturated heterocycles. The molecule has 0 aromatic heterocycles. The van der Waals surface area contributed by atoms with E-state index in [0.29, 0.717) is 38.4 Å². The third-order valence-corrected chi connectivity index (χ3v) is 8.97. The van der Waals surface area contributed by atoms with Gasteiger partial charge in [-0.25, -0.2) is 8.42 Å². The maximum Gasteiger partial charge on any atom is 0.243 e. The van der Waals surface area contributed by atoms with Gasteiger partial charge in [-0.05, 0) is 55.7 Å². The number of hydrogen-bond acceptors (Lipinski definition) is 4. The number of anilines is 1. The Balaban J connectivity index is 1.92. The van der Waals surface area contributed by atoms with Crippen LogP contribution in [-0.2, 0) is 32.6 Å². The van der Waals surface area contributed by atoms with Crippen LogP contribution in [0.3, 0.4) is 0 Å². The first kappa shape index (κ1) is 32.7. The molecule has 11 heteroatoms. The molecule has 1 N–H and O–H groups in total. The smallest absolute Gasteiger partial charge is 0.243 e. The minimum absolute atomic E-state index is 0.00909. The molecule has 7 nitrogen and oxygen atoms in total. The number of hydrogen-bond donors (Lipinski definition) is 1. The van der Waals surface area contributed by atoms with Gasteiger partial charge >= 0.3 is 0 Å². The second-order valence-corrected chi connectivity index (χ2v) is 12.8. The monoisotopic (exact) mass is 637 g/mol. The molecule has 0 spiro atoms. The van der Waals surface area contributed by atoms with Crippen molar-refractivity contribution in [2.45, 2.75) is 45.7 Å². The maximum atomic E-state index is 13.9. The molecule has 0 aliphatic rings. The molecule has 220 valence electrons. The highest BCUT2D eigenvalue weighted by Gasteiger charge is 2.31. The largest absolute Gasteiger partial charge is 0.355 e. The van der Waals surface area contributed by atoms with Gasteiger partial charge in [0.1, 0.15) is 6.04 Å². The van der Waals surface area contributed by atoms with Crippen molar-refractivity contribution in [3.05, 3.63) is 98.5 Å². The first-order valence-corrected chi connectivity index (χ1v) is 16.2. The van der Waals surface area contributed by atoms with Crippen molar-refractivity contribution in [1.82, 2.24) is 10.2 Å². The zero-order valence-corrected chi connectivity index (χ0v) is 26.3. The highest BCUT2D eigenvalue weighted by atomic mass is 35.5. The molecule has 0 aliphatic heterocycles. The lowest BCUT2D eigenvalue weighted by molar-refractivity contribution is -0.141. The van der Waals surface area contributed by atoms with E-state index in [1.807, 2.05) is 37.3 Å². The van der Waals surface area contributed by atoms with Crippen molar-refractivity contribution in [1.29, 1.82) is 0 Å². The second-order valence-electron chi connectivity index (χ2n) is 9.64. The van der Waals surface area contributed by atoms with Crippen molar-refractivity contribution in [3.8, 4) is 0 Å². The number of amides is 2. The van der Waals surface area contributed by atoms with Crippen LogP contribution in [-0.4, -0.2) is 50.5 Å². The minimum Gasteiger partial charge on any atom is -0.355 e. The van der Waals surface area contributed by atoms with Crippen LogP contribution in [0.15, 0.2) is 66.7 Å². The fourth-order valence-electron chi connectivity index (χ4n) is 4.55. The van der Waals surface area contributed by atoms with E-state index < -0.39 is 16.1 Å². The van der Waals surface area contributed by atoms with E-state index in [9.17, 15) is 18.0 Å². The number of nitrogens with zero attached hydrogens (tertiary/aromatic N) is 2. The van der Waals surface area contributed by atoms with Crippen LogP contribution in [0.2, 0.25) is 15.1 Å². The van der Waals surface area contributed by atoms with Crippen LogP contribution in [0, 0.1) is 6.92 Å². The second kappa shape index (κ2) is 14.9. The molecule has 0 radical (unpaired) electrons. The average molecular weight is 639 g/mol. The van der Waals surface area contributed by atoms with Crippen LogP contribution in [0.25, 0.3) is 0 Å². The summed E-state index contributed by atoms with van der Waals surface area (Å²) in [5, 5.41) is 4.05. The van der Waals surface area contributed by atoms with Crippen LogP contribution in [0.4, 0.5) is 5.69 Å². The van der Waals surface area contributed by atoms with Gasteiger partial charge in [-0.3, -0.25) is 13.9 Å². The summed E-state index contributed by atoms with van der Waals surface area (Å²) in [5.41, 5.74) is 2.49. The van der Waals surface area contributed by atoms with Gasteiger partial charge in [0, 0.05) is 53.1 Å². The lowest BCUT2D eigenvalue weighted by atomic mass is 10.0. The Morgan fingerprint density at radius 1 is 0.902 bits per heavy atom. The summed E-state index contributed by atoms with van der Waals surface area (Å²) in [6, 6.07) is 18.7. The summed E-state index contributed by atoms with van der Waals surface area (Å²) in [6.07, 6.45) is 1.58. The number of halogens is 3. The highest BCUT2D eigenvalue weighted by molar-refractivity contribution is 7.92. The normalized spacial score (nSPS) is 12.0. The average Bonchev–Trinajstić information content (AvgIpc) is 2.92. The summed E-state index contributed by atoms with van der Waals surface area (Å²) in [5.74, 6) is -0.635. The van der Waals surface area contributed by atoms with Gasteiger partial charge in [-0.15, -0.1) is 0 Å². The van der Waals surface area contributed by atoms with Crippen molar-refractivity contribution in [2.75, 3.05) is 23.7 Å². The molecule has 1 unspecified atom stereocenters. The molecule has 3 rings (SSSR count). The van der Waals surface area contributed by atoms with Gasteiger partial charge in [0.2, 0.25) is 21.8 Å². The number of carbonyl (C=O) groups is 2. The summed E-state index contributed by atoms with van der Waals surface area (Å²) in [6.45, 7) is 4.01. The lowest BCUT2D eigenvalue weighted by Crippen LogP contribution is -2.50. The Bertz CT molecular complexity index is 1450. The van der Waals surface area contributed by atoms with Gasteiger partial charge in [-0.1, -0.05) is 77.3 Å². The Morgan fingerprint density at radius 2 is 1.51 bits per heavy atom. The fourth-order valence-corrected chi connectivity index (χ4v) is 6.25. The van der Waals surface area contributed by atoms with Crippen molar-refractivity contribution < 1.29 is 18.0 Å². The predicted octanol–water partition coefficient (Wildman–Crippen LogP) is 6.28.